The van der Waals surface area contributed by atoms with Crippen molar-refractivity contribution < 1.29 is 18.3 Å². The number of aryl methyl sites for hydroxylation is 1. The smallest absolute Gasteiger partial charge is 0.346 e. The maximum absolute atomic E-state index is 11.7. The second-order valence-corrected chi connectivity index (χ2v) is 6.33. The van der Waals surface area contributed by atoms with Crippen LogP contribution in [0.25, 0.3) is 0 Å². The minimum Gasteiger partial charge on any atom is -0.477 e. The largest absolute Gasteiger partial charge is 0.477 e. The Kier molecular flexibility index (Phi) is 4.06. The molecule has 0 radical (unpaired) electrons. The van der Waals surface area contributed by atoms with Crippen LogP contribution in [0.2, 0.25) is 0 Å². The molecule has 90 valence electrons. The summed E-state index contributed by atoms with van der Waals surface area (Å²) in [5.74, 6) is -1.10. The molecular formula is C9H13NO4S2. The zero-order chi connectivity index (χ0) is 12.3. The first-order valence-corrected chi connectivity index (χ1v) is 7.02. The van der Waals surface area contributed by atoms with Gasteiger partial charge in [0.15, 0.2) is 0 Å². The summed E-state index contributed by atoms with van der Waals surface area (Å²) in [6.45, 7) is 3.78. The number of thiophene rings is 1. The highest BCUT2D eigenvalue weighted by Crippen LogP contribution is 2.25. The van der Waals surface area contributed by atoms with E-state index in [4.69, 9.17) is 5.11 Å². The van der Waals surface area contributed by atoms with Gasteiger partial charge in [0.05, 0.1) is 0 Å². The summed E-state index contributed by atoms with van der Waals surface area (Å²) in [5, 5.41) is 8.82. The molecule has 0 saturated carbocycles. The van der Waals surface area contributed by atoms with E-state index in [0.29, 0.717) is 18.5 Å². The van der Waals surface area contributed by atoms with Crippen molar-refractivity contribution in [3.05, 3.63) is 16.5 Å². The van der Waals surface area contributed by atoms with Gasteiger partial charge in [-0.25, -0.2) is 17.9 Å². The molecular weight excluding hydrogens is 250 g/mol. The molecule has 1 aromatic heterocycles. The van der Waals surface area contributed by atoms with Gasteiger partial charge in [0.25, 0.3) is 0 Å². The molecule has 0 spiro atoms. The first-order valence-electron chi connectivity index (χ1n) is 4.72. The van der Waals surface area contributed by atoms with Gasteiger partial charge in [0.2, 0.25) is 10.0 Å². The summed E-state index contributed by atoms with van der Waals surface area (Å²) in [7, 11) is -3.55. The highest BCUT2D eigenvalue weighted by molar-refractivity contribution is 7.91. The first-order chi connectivity index (χ1) is 7.38. The lowest BCUT2D eigenvalue weighted by atomic mass is 10.3. The molecule has 1 aromatic rings. The third kappa shape index (κ3) is 2.81. The molecule has 0 saturated heterocycles. The summed E-state index contributed by atoms with van der Waals surface area (Å²) >= 11 is 0.775. The fraction of sp³-hybridized carbons (Fsp3) is 0.444. The number of aromatic carboxylic acids is 1. The maximum Gasteiger partial charge on any atom is 0.346 e. The van der Waals surface area contributed by atoms with Gasteiger partial charge in [0.1, 0.15) is 9.09 Å². The summed E-state index contributed by atoms with van der Waals surface area (Å²) in [6, 6.07) is 1.38. The van der Waals surface area contributed by atoms with E-state index < -0.39 is 16.0 Å². The predicted molar refractivity (Wildman–Crippen MR) is 61.5 cm³/mol. The lowest BCUT2D eigenvalue weighted by Crippen LogP contribution is -2.23. The zero-order valence-corrected chi connectivity index (χ0v) is 10.6. The normalized spacial score (nSPS) is 11.6. The molecule has 1 rings (SSSR count). The van der Waals surface area contributed by atoms with Gasteiger partial charge in [0, 0.05) is 6.54 Å². The van der Waals surface area contributed by atoms with Crippen LogP contribution in [-0.4, -0.2) is 26.0 Å². The number of rotatable bonds is 5. The SMILES string of the molecule is CCCNS(=O)(=O)c1cc(C)c(C(=O)O)s1. The van der Waals surface area contributed by atoms with Crippen molar-refractivity contribution in [3.8, 4) is 0 Å². The van der Waals surface area contributed by atoms with Crippen molar-refractivity contribution in [2.45, 2.75) is 24.5 Å². The Morgan fingerprint density at radius 2 is 2.19 bits per heavy atom. The predicted octanol–water partition coefficient (Wildman–Crippen LogP) is 1.44. The standard InChI is InChI=1S/C9H13NO4S2/c1-3-4-10-16(13,14)7-5-6(2)8(15-7)9(11)12/h5,10H,3-4H2,1-2H3,(H,11,12). The number of hydrogen-bond donors (Lipinski definition) is 2. The highest BCUT2D eigenvalue weighted by atomic mass is 32.2. The fourth-order valence-corrected chi connectivity index (χ4v) is 3.66. The van der Waals surface area contributed by atoms with Gasteiger partial charge >= 0.3 is 5.97 Å². The Morgan fingerprint density at radius 1 is 1.56 bits per heavy atom. The second kappa shape index (κ2) is 4.94. The van der Waals surface area contributed by atoms with E-state index in [1.807, 2.05) is 6.92 Å². The number of hydrogen-bond acceptors (Lipinski definition) is 4. The third-order valence-electron chi connectivity index (χ3n) is 1.90. The van der Waals surface area contributed by atoms with Crippen LogP contribution in [0.3, 0.4) is 0 Å². The number of carboxylic acid groups (broad SMARTS) is 1. The van der Waals surface area contributed by atoms with Gasteiger partial charge in [-0.2, -0.15) is 0 Å². The number of sulfonamides is 1. The lowest BCUT2D eigenvalue weighted by molar-refractivity contribution is 0.0701. The lowest BCUT2D eigenvalue weighted by Gasteiger charge is -2.01. The quantitative estimate of drug-likeness (QED) is 0.842. The Balaban J connectivity index is 3.06. The molecule has 1 heterocycles. The molecule has 2 N–H and O–H groups in total. The van der Waals surface area contributed by atoms with Gasteiger partial charge in [-0.3, -0.25) is 0 Å². The van der Waals surface area contributed by atoms with Gasteiger partial charge < -0.3 is 5.11 Å². The minimum absolute atomic E-state index is 0.0517. The molecule has 7 heteroatoms. The molecule has 16 heavy (non-hydrogen) atoms. The second-order valence-electron chi connectivity index (χ2n) is 3.28. The maximum atomic E-state index is 11.7. The molecule has 0 aliphatic carbocycles. The Hall–Kier alpha value is -0.920. The third-order valence-corrected chi connectivity index (χ3v) is 5.06. The van der Waals surface area contributed by atoms with E-state index in [-0.39, 0.29) is 9.09 Å². The first kappa shape index (κ1) is 13.1. The minimum atomic E-state index is -3.55. The number of carbonyl (C=O) groups is 1. The van der Waals surface area contributed by atoms with Crippen LogP contribution in [-0.2, 0) is 10.0 Å². The topological polar surface area (TPSA) is 83.5 Å². The molecule has 0 bridgehead atoms. The summed E-state index contributed by atoms with van der Waals surface area (Å²) in [5.41, 5.74) is 0.467. The Labute approximate surface area is 98.2 Å². The van der Waals surface area contributed by atoms with Gasteiger partial charge in [-0.15, -0.1) is 11.3 Å². The highest BCUT2D eigenvalue weighted by Gasteiger charge is 2.20. The van der Waals surface area contributed by atoms with Crippen LogP contribution in [0.15, 0.2) is 10.3 Å². The number of carboxylic acids is 1. The zero-order valence-electron chi connectivity index (χ0n) is 8.98. The van der Waals surface area contributed by atoms with Gasteiger partial charge in [-0.05, 0) is 25.0 Å². The Bertz CT molecular complexity index is 490. The average molecular weight is 263 g/mol. The van der Waals surface area contributed by atoms with Crippen LogP contribution in [0, 0.1) is 6.92 Å². The van der Waals surface area contributed by atoms with E-state index >= 15 is 0 Å². The van der Waals surface area contributed by atoms with E-state index in [1.54, 1.807) is 6.92 Å². The molecule has 0 amide bonds. The monoisotopic (exact) mass is 263 g/mol. The Morgan fingerprint density at radius 3 is 2.62 bits per heavy atom. The molecule has 0 aliphatic heterocycles. The van der Waals surface area contributed by atoms with Crippen molar-refractivity contribution >= 4 is 27.3 Å². The van der Waals surface area contributed by atoms with Crippen molar-refractivity contribution in [1.82, 2.24) is 4.72 Å². The van der Waals surface area contributed by atoms with Crippen LogP contribution < -0.4 is 4.72 Å². The van der Waals surface area contributed by atoms with Crippen molar-refractivity contribution in [2.75, 3.05) is 6.54 Å². The van der Waals surface area contributed by atoms with Crippen LogP contribution in [0.1, 0.15) is 28.6 Å². The molecule has 0 aromatic carbocycles. The molecule has 0 atom stereocenters. The van der Waals surface area contributed by atoms with Gasteiger partial charge in [-0.1, -0.05) is 6.92 Å². The van der Waals surface area contributed by atoms with Crippen molar-refractivity contribution in [2.24, 2.45) is 0 Å². The summed E-state index contributed by atoms with van der Waals surface area (Å²) in [6.07, 6.45) is 0.690. The molecule has 5 nitrogen and oxygen atoms in total. The van der Waals surface area contributed by atoms with Crippen LogP contribution >= 0.6 is 11.3 Å². The van der Waals surface area contributed by atoms with E-state index in [1.165, 1.54) is 6.07 Å². The fourth-order valence-electron chi connectivity index (χ4n) is 1.11. The summed E-state index contributed by atoms with van der Waals surface area (Å²) in [4.78, 5) is 10.8. The number of nitrogens with one attached hydrogen (secondary N) is 1. The van der Waals surface area contributed by atoms with Crippen molar-refractivity contribution in [3.63, 3.8) is 0 Å². The summed E-state index contributed by atoms with van der Waals surface area (Å²) < 4.78 is 25.8. The van der Waals surface area contributed by atoms with E-state index in [0.717, 1.165) is 11.3 Å². The molecule has 0 unspecified atom stereocenters. The van der Waals surface area contributed by atoms with Crippen molar-refractivity contribution in [1.29, 1.82) is 0 Å². The van der Waals surface area contributed by atoms with Crippen LogP contribution in [0.5, 0.6) is 0 Å². The van der Waals surface area contributed by atoms with E-state index in [2.05, 4.69) is 4.72 Å². The molecule has 0 fully saturated rings. The van der Waals surface area contributed by atoms with Crippen LogP contribution in [0.4, 0.5) is 0 Å². The average Bonchev–Trinajstić information content (AvgIpc) is 2.58. The molecule has 0 aliphatic rings. The van der Waals surface area contributed by atoms with E-state index in [9.17, 15) is 13.2 Å².